The van der Waals surface area contributed by atoms with Crippen LogP contribution in [0.1, 0.15) is 21.9 Å². The summed E-state index contributed by atoms with van der Waals surface area (Å²) in [5, 5.41) is 2.80. The van der Waals surface area contributed by atoms with Gasteiger partial charge in [-0.1, -0.05) is 6.07 Å². The molecule has 0 aliphatic carbocycles. The number of nitrogens with zero attached hydrogens (tertiary/aromatic N) is 2. The molecule has 1 aromatic carbocycles. The summed E-state index contributed by atoms with van der Waals surface area (Å²) in [4.78, 5) is 20.4. The summed E-state index contributed by atoms with van der Waals surface area (Å²) in [6.07, 6.45) is 1.59. The molecule has 3 aromatic rings. The Morgan fingerprint density at radius 1 is 1.09 bits per heavy atom. The van der Waals surface area contributed by atoms with E-state index in [1.54, 1.807) is 24.4 Å². The minimum absolute atomic E-state index is 0.240. The van der Waals surface area contributed by atoms with Crippen LogP contribution in [0.3, 0.4) is 0 Å². The van der Waals surface area contributed by atoms with E-state index in [1.807, 2.05) is 38.1 Å². The number of carbonyl (C=O) groups excluding carboxylic acids is 1. The smallest absolute Gasteiger partial charge is 0.274 e. The maximum Gasteiger partial charge on any atom is 0.274 e. The van der Waals surface area contributed by atoms with Crippen LogP contribution in [-0.4, -0.2) is 15.9 Å². The van der Waals surface area contributed by atoms with E-state index in [0.29, 0.717) is 17.3 Å². The van der Waals surface area contributed by atoms with Crippen molar-refractivity contribution in [1.82, 2.24) is 9.97 Å². The maximum absolute atomic E-state index is 12.0. The number of oxazole rings is 1. The summed E-state index contributed by atoms with van der Waals surface area (Å²) < 4.78 is 5.58. The molecule has 0 spiro atoms. The molecule has 3 rings (SSSR count). The fraction of sp³-hybridized carbons (Fsp3) is 0.118. The molecule has 0 aliphatic heterocycles. The lowest BCUT2D eigenvalue weighted by atomic mass is 10.2. The quantitative estimate of drug-likeness (QED) is 0.801. The van der Waals surface area contributed by atoms with Crippen LogP contribution < -0.4 is 5.32 Å². The van der Waals surface area contributed by atoms with Crippen LogP contribution in [-0.2, 0) is 0 Å². The molecule has 1 N–H and O–H groups in total. The second kappa shape index (κ2) is 5.81. The minimum atomic E-state index is -0.240. The molecule has 2 heterocycles. The zero-order valence-corrected chi connectivity index (χ0v) is 12.3. The minimum Gasteiger partial charge on any atom is -0.441 e. The molecule has 0 radical (unpaired) electrons. The lowest BCUT2D eigenvalue weighted by molar-refractivity contribution is 0.102. The second-order valence-electron chi connectivity index (χ2n) is 4.91. The number of hydrogen-bond donors (Lipinski definition) is 1. The number of aromatic nitrogens is 2. The molecule has 0 fully saturated rings. The van der Waals surface area contributed by atoms with Gasteiger partial charge in [0.25, 0.3) is 5.91 Å². The van der Waals surface area contributed by atoms with Gasteiger partial charge in [0.1, 0.15) is 11.5 Å². The Bertz CT molecular complexity index is 773. The Morgan fingerprint density at radius 2 is 1.86 bits per heavy atom. The SMILES string of the molecule is Cc1nc(-c2ccc(NC(=O)c3ccccn3)cc2)oc1C. The van der Waals surface area contributed by atoms with Gasteiger partial charge < -0.3 is 9.73 Å². The summed E-state index contributed by atoms with van der Waals surface area (Å²) in [7, 11) is 0. The van der Waals surface area contributed by atoms with Crippen molar-refractivity contribution in [1.29, 1.82) is 0 Å². The van der Waals surface area contributed by atoms with Crippen molar-refractivity contribution in [2.24, 2.45) is 0 Å². The van der Waals surface area contributed by atoms with E-state index in [-0.39, 0.29) is 5.91 Å². The van der Waals surface area contributed by atoms with E-state index >= 15 is 0 Å². The highest BCUT2D eigenvalue weighted by molar-refractivity contribution is 6.02. The Morgan fingerprint density at radius 3 is 2.45 bits per heavy atom. The molecule has 5 nitrogen and oxygen atoms in total. The monoisotopic (exact) mass is 293 g/mol. The lowest BCUT2D eigenvalue weighted by Gasteiger charge is -2.05. The number of benzene rings is 1. The number of pyridine rings is 1. The fourth-order valence-corrected chi connectivity index (χ4v) is 1.98. The number of rotatable bonds is 3. The zero-order chi connectivity index (χ0) is 15.5. The molecule has 0 unspecified atom stereocenters. The van der Waals surface area contributed by atoms with Gasteiger partial charge in [0.15, 0.2) is 0 Å². The van der Waals surface area contributed by atoms with E-state index < -0.39 is 0 Å². The van der Waals surface area contributed by atoms with Gasteiger partial charge in [-0.25, -0.2) is 4.98 Å². The van der Waals surface area contributed by atoms with Gasteiger partial charge in [0, 0.05) is 17.4 Å². The first-order valence-electron chi connectivity index (χ1n) is 6.90. The van der Waals surface area contributed by atoms with Crippen LogP contribution in [0.15, 0.2) is 53.1 Å². The molecule has 110 valence electrons. The number of amides is 1. The van der Waals surface area contributed by atoms with Crippen molar-refractivity contribution in [3.05, 3.63) is 65.8 Å². The fourth-order valence-electron chi connectivity index (χ4n) is 1.98. The average molecular weight is 293 g/mol. The van der Waals surface area contributed by atoms with Crippen LogP contribution in [0.5, 0.6) is 0 Å². The number of aryl methyl sites for hydroxylation is 2. The molecule has 0 saturated carbocycles. The summed E-state index contributed by atoms with van der Waals surface area (Å²) in [5.74, 6) is 1.15. The second-order valence-corrected chi connectivity index (χ2v) is 4.91. The molecule has 0 aliphatic rings. The number of nitrogens with one attached hydrogen (secondary N) is 1. The Hall–Kier alpha value is -2.95. The molecule has 1 amide bonds. The first kappa shape index (κ1) is 14.0. The van der Waals surface area contributed by atoms with Crippen molar-refractivity contribution in [2.75, 3.05) is 5.32 Å². The van der Waals surface area contributed by atoms with E-state index in [9.17, 15) is 4.79 Å². The van der Waals surface area contributed by atoms with Crippen LogP contribution in [0.4, 0.5) is 5.69 Å². The zero-order valence-electron chi connectivity index (χ0n) is 12.3. The predicted molar refractivity (Wildman–Crippen MR) is 83.6 cm³/mol. The molecule has 22 heavy (non-hydrogen) atoms. The van der Waals surface area contributed by atoms with Gasteiger partial charge >= 0.3 is 0 Å². The standard InChI is InChI=1S/C17H15N3O2/c1-11-12(2)22-17(19-11)13-6-8-14(9-7-13)20-16(21)15-5-3-4-10-18-15/h3-10H,1-2H3,(H,20,21). The third-order valence-corrected chi connectivity index (χ3v) is 3.32. The first-order chi connectivity index (χ1) is 10.6. The first-order valence-corrected chi connectivity index (χ1v) is 6.90. The van der Waals surface area contributed by atoms with Gasteiger partial charge in [-0.3, -0.25) is 9.78 Å². The Balaban J connectivity index is 1.76. The summed E-state index contributed by atoms with van der Waals surface area (Å²) >= 11 is 0. The van der Waals surface area contributed by atoms with Crippen LogP contribution in [0, 0.1) is 13.8 Å². The largest absolute Gasteiger partial charge is 0.441 e. The van der Waals surface area contributed by atoms with Crippen molar-refractivity contribution in [2.45, 2.75) is 13.8 Å². The van der Waals surface area contributed by atoms with Gasteiger partial charge in [-0.15, -0.1) is 0 Å². The molecule has 5 heteroatoms. The number of hydrogen-bond acceptors (Lipinski definition) is 4. The van der Waals surface area contributed by atoms with Gasteiger partial charge in [0.05, 0.1) is 5.69 Å². The normalized spacial score (nSPS) is 10.5. The molecule has 0 bridgehead atoms. The van der Waals surface area contributed by atoms with Crippen LogP contribution >= 0.6 is 0 Å². The molecular weight excluding hydrogens is 278 g/mol. The van der Waals surface area contributed by atoms with Gasteiger partial charge in [-0.2, -0.15) is 0 Å². The predicted octanol–water partition coefficient (Wildman–Crippen LogP) is 3.61. The average Bonchev–Trinajstić information content (AvgIpc) is 2.88. The van der Waals surface area contributed by atoms with Crippen molar-refractivity contribution in [3.63, 3.8) is 0 Å². The highest BCUT2D eigenvalue weighted by Gasteiger charge is 2.09. The molecule has 2 aromatic heterocycles. The molecular formula is C17H15N3O2. The van der Waals surface area contributed by atoms with Gasteiger partial charge in [0.2, 0.25) is 5.89 Å². The topological polar surface area (TPSA) is 68.0 Å². The third kappa shape index (κ3) is 2.88. The van der Waals surface area contributed by atoms with E-state index in [4.69, 9.17) is 4.42 Å². The van der Waals surface area contributed by atoms with Crippen molar-refractivity contribution >= 4 is 11.6 Å². The van der Waals surface area contributed by atoms with E-state index in [1.165, 1.54) is 0 Å². The lowest BCUT2D eigenvalue weighted by Crippen LogP contribution is -2.13. The Kier molecular flexibility index (Phi) is 3.70. The van der Waals surface area contributed by atoms with Crippen molar-refractivity contribution < 1.29 is 9.21 Å². The summed E-state index contributed by atoms with van der Waals surface area (Å²) in [6.45, 7) is 3.79. The van der Waals surface area contributed by atoms with E-state index in [0.717, 1.165) is 17.0 Å². The van der Waals surface area contributed by atoms with E-state index in [2.05, 4.69) is 15.3 Å². The number of carbonyl (C=O) groups is 1. The molecule has 0 saturated heterocycles. The van der Waals surface area contributed by atoms with Crippen LogP contribution in [0.25, 0.3) is 11.5 Å². The Labute approximate surface area is 128 Å². The summed E-state index contributed by atoms with van der Waals surface area (Å²) in [5.41, 5.74) is 2.82. The summed E-state index contributed by atoms with van der Waals surface area (Å²) in [6, 6.07) is 12.6. The van der Waals surface area contributed by atoms with Crippen molar-refractivity contribution in [3.8, 4) is 11.5 Å². The highest BCUT2D eigenvalue weighted by Crippen LogP contribution is 2.23. The maximum atomic E-state index is 12.0. The highest BCUT2D eigenvalue weighted by atomic mass is 16.4. The van der Waals surface area contributed by atoms with Crippen LogP contribution in [0.2, 0.25) is 0 Å². The van der Waals surface area contributed by atoms with Gasteiger partial charge in [-0.05, 0) is 50.2 Å². The third-order valence-electron chi connectivity index (χ3n) is 3.32. The number of anilines is 1. The molecule has 0 atom stereocenters.